The molecule has 1 aromatic rings. The van der Waals surface area contributed by atoms with Gasteiger partial charge in [-0.1, -0.05) is 57.0 Å². The average molecular weight is 262 g/mol. The van der Waals surface area contributed by atoms with Crippen LogP contribution < -0.4 is 11.1 Å². The predicted octanol–water partition coefficient (Wildman–Crippen LogP) is 3.88. The average Bonchev–Trinajstić information content (AvgIpc) is 2.42. The van der Waals surface area contributed by atoms with Crippen LogP contribution in [0.4, 0.5) is 0 Å². The molecule has 0 heterocycles. The molecule has 0 aromatic heterocycles. The van der Waals surface area contributed by atoms with Gasteiger partial charge in [-0.25, -0.2) is 0 Å². The van der Waals surface area contributed by atoms with Gasteiger partial charge in [0.25, 0.3) is 0 Å². The molecule has 0 aliphatic carbocycles. The van der Waals surface area contributed by atoms with Gasteiger partial charge >= 0.3 is 0 Å². The zero-order valence-corrected chi connectivity index (χ0v) is 12.6. The van der Waals surface area contributed by atoms with Gasteiger partial charge in [-0.05, 0) is 43.8 Å². The number of unbranched alkanes of at least 4 members (excludes halogenated alkanes) is 1. The summed E-state index contributed by atoms with van der Waals surface area (Å²) in [6.45, 7) is 6.81. The van der Waals surface area contributed by atoms with Gasteiger partial charge in [0.2, 0.25) is 0 Å². The molecule has 19 heavy (non-hydrogen) atoms. The lowest BCUT2D eigenvalue weighted by Crippen LogP contribution is -2.19. The summed E-state index contributed by atoms with van der Waals surface area (Å²) in [4.78, 5) is 0. The van der Waals surface area contributed by atoms with E-state index in [1.165, 1.54) is 24.8 Å². The number of nitrogens with two attached hydrogens (primary N) is 1. The first-order valence-electron chi connectivity index (χ1n) is 7.71. The summed E-state index contributed by atoms with van der Waals surface area (Å²) in [6, 6.07) is 10.6. The highest BCUT2D eigenvalue weighted by atomic mass is 14.8. The van der Waals surface area contributed by atoms with Crippen molar-refractivity contribution in [3.63, 3.8) is 0 Å². The van der Waals surface area contributed by atoms with Gasteiger partial charge in [0.1, 0.15) is 0 Å². The molecule has 0 spiro atoms. The van der Waals surface area contributed by atoms with E-state index < -0.39 is 0 Å². The molecular weight excluding hydrogens is 232 g/mol. The monoisotopic (exact) mass is 262 g/mol. The summed E-state index contributed by atoms with van der Waals surface area (Å²) in [5, 5.41) is 3.51. The van der Waals surface area contributed by atoms with Crippen molar-refractivity contribution in [1.82, 2.24) is 5.32 Å². The summed E-state index contributed by atoms with van der Waals surface area (Å²) in [5.41, 5.74) is 7.41. The fraction of sp³-hybridized carbons (Fsp3) is 0.647. The van der Waals surface area contributed by atoms with Crippen LogP contribution in [0.5, 0.6) is 0 Å². The number of rotatable bonds is 10. The number of benzene rings is 1. The third kappa shape index (κ3) is 8.02. The molecular formula is C17H30N2. The molecule has 0 radical (unpaired) electrons. The SMILES string of the molecule is CC(C)CCCCNCCCC(N)c1ccccc1. The van der Waals surface area contributed by atoms with Crippen molar-refractivity contribution >= 4 is 0 Å². The maximum Gasteiger partial charge on any atom is 0.0295 e. The van der Waals surface area contributed by atoms with Crippen LogP contribution >= 0.6 is 0 Å². The molecule has 1 atom stereocenters. The summed E-state index contributed by atoms with van der Waals surface area (Å²) in [7, 11) is 0. The Labute approximate surface area is 118 Å². The van der Waals surface area contributed by atoms with E-state index in [-0.39, 0.29) is 6.04 Å². The van der Waals surface area contributed by atoms with Crippen LogP contribution in [0.15, 0.2) is 30.3 Å². The summed E-state index contributed by atoms with van der Waals surface area (Å²) in [6.07, 6.45) is 6.20. The largest absolute Gasteiger partial charge is 0.324 e. The summed E-state index contributed by atoms with van der Waals surface area (Å²) >= 11 is 0. The van der Waals surface area contributed by atoms with Crippen LogP contribution in [0.25, 0.3) is 0 Å². The minimum absolute atomic E-state index is 0.184. The summed E-state index contributed by atoms with van der Waals surface area (Å²) in [5.74, 6) is 0.837. The Kier molecular flexibility index (Phi) is 8.52. The Morgan fingerprint density at radius 2 is 1.63 bits per heavy atom. The Bertz CT molecular complexity index is 308. The lowest BCUT2D eigenvalue weighted by molar-refractivity contribution is 0.509. The van der Waals surface area contributed by atoms with Gasteiger partial charge in [-0.2, -0.15) is 0 Å². The molecule has 0 saturated heterocycles. The Morgan fingerprint density at radius 1 is 0.947 bits per heavy atom. The molecule has 1 unspecified atom stereocenters. The highest BCUT2D eigenvalue weighted by Gasteiger charge is 2.04. The van der Waals surface area contributed by atoms with Crippen LogP contribution in [0.3, 0.4) is 0 Å². The zero-order chi connectivity index (χ0) is 13.9. The number of hydrogen-bond acceptors (Lipinski definition) is 2. The predicted molar refractivity (Wildman–Crippen MR) is 84.2 cm³/mol. The van der Waals surface area contributed by atoms with Crippen molar-refractivity contribution in [2.75, 3.05) is 13.1 Å². The molecule has 0 saturated carbocycles. The number of nitrogens with one attached hydrogen (secondary N) is 1. The first-order valence-corrected chi connectivity index (χ1v) is 7.71. The van der Waals surface area contributed by atoms with E-state index in [0.717, 1.165) is 31.8 Å². The van der Waals surface area contributed by atoms with E-state index in [2.05, 4.69) is 43.4 Å². The summed E-state index contributed by atoms with van der Waals surface area (Å²) < 4.78 is 0. The van der Waals surface area contributed by atoms with Crippen LogP contribution in [0, 0.1) is 5.92 Å². The van der Waals surface area contributed by atoms with E-state index in [0.29, 0.717) is 0 Å². The second kappa shape index (κ2) is 9.99. The van der Waals surface area contributed by atoms with Gasteiger partial charge in [-0.3, -0.25) is 0 Å². The maximum atomic E-state index is 6.16. The van der Waals surface area contributed by atoms with Crippen molar-refractivity contribution in [2.45, 2.75) is 52.0 Å². The van der Waals surface area contributed by atoms with Crippen molar-refractivity contribution in [3.05, 3.63) is 35.9 Å². The van der Waals surface area contributed by atoms with E-state index in [9.17, 15) is 0 Å². The number of hydrogen-bond donors (Lipinski definition) is 2. The van der Waals surface area contributed by atoms with Gasteiger partial charge in [0.05, 0.1) is 0 Å². The van der Waals surface area contributed by atoms with Crippen LogP contribution in [0.1, 0.15) is 57.6 Å². The van der Waals surface area contributed by atoms with E-state index in [4.69, 9.17) is 5.73 Å². The Hall–Kier alpha value is -0.860. The smallest absolute Gasteiger partial charge is 0.0295 e. The highest BCUT2D eigenvalue weighted by Crippen LogP contribution is 2.14. The molecule has 1 rings (SSSR count). The molecule has 0 bridgehead atoms. The van der Waals surface area contributed by atoms with E-state index in [1.54, 1.807) is 0 Å². The molecule has 1 aromatic carbocycles. The standard InChI is InChI=1S/C17H30N2/c1-15(2)9-6-7-13-19-14-8-12-17(18)16-10-4-3-5-11-16/h3-5,10-11,15,17,19H,6-9,12-14,18H2,1-2H3. The van der Waals surface area contributed by atoms with Gasteiger partial charge in [-0.15, -0.1) is 0 Å². The van der Waals surface area contributed by atoms with E-state index >= 15 is 0 Å². The van der Waals surface area contributed by atoms with Crippen molar-refractivity contribution in [1.29, 1.82) is 0 Å². The lowest BCUT2D eigenvalue weighted by atomic mass is 10.0. The molecule has 0 amide bonds. The van der Waals surface area contributed by atoms with Crippen molar-refractivity contribution < 1.29 is 0 Å². The topological polar surface area (TPSA) is 38.0 Å². The molecule has 0 aliphatic heterocycles. The first kappa shape index (κ1) is 16.2. The minimum Gasteiger partial charge on any atom is -0.324 e. The molecule has 2 nitrogen and oxygen atoms in total. The highest BCUT2D eigenvalue weighted by molar-refractivity contribution is 5.18. The van der Waals surface area contributed by atoms with Crippen LogP contribution in [-0.4, -0.2) is 13.1 Å². The Balaban J connectivity index is 1.96. The lowest BCUT2D eigenvalue weighted by Gasteiger charge is -2.12. The van der Waals surface area contributed by atoms with Gasteiger partial charge < -0.3 is 11.1 Å². The second-order valence-electron chi connectivity index (χ2n) is 5.80. The van der Waals surface area contributed by atoms with Gasteiger partial charge in [0, 0.05) is 6.04 Å². The van der Waals surface area contributed by atoms with Crippen LogP contribution in [0.2, 0.25) is 0 Å². The minimum atomic E-state index is 0.184. The van der Waals surface area contributed by atoms with Crippen LogP contribution in [-0.2, 0) is 0 Å². The molecule has 2 heteroatoms. The van der Waals surface area contributed by atoms with Crippen molar-refractivity contribution in [3.8, 4) is 0 Å². The quantitative estimate of drug-likeness (QED) is 0.628. The third-order valence-electron chi connectivity index (χ3n) is 3.48. The van der Waals surface area contributed by atoms with E-state index in [1.807, 2.05) is 6.07 Å². The first-order chi connectivity index (χ1) is 9.20. The molecule has 3 N–H and O–H groups in total. The third-order valence-corrected chi connectivity index (χ3v) is 3.48. The molecule has 0 aliphatic rings. The normalized spacial score (nSPS) is 12.8. The molecule has 108 valence electrons. The molecule has 0 fully saturated rings. The van der Waals surface area contributed by atoms with Gasteiger partial charge in [0.15, 0.2) is 0 Å². The van der Waals surface area contributed by atoms with Crippen molar-refractivity contribution in [2.24, 2.45) is 11.7 Å². The zero-order valence-electron chi connectivity index (χ0n) is 12.6. The second-order valence-corrected chi connectivity index (χ2v) is 5.80. The fourth-order valence-corrected chi connectivity index (χ4v) is 2.24. The fourth-order valence-electron chi connectivity index (χ4n) is 2.24. The maximum absolute atomic E-state index is 6.16. The Morgan fingerprint density at radius 3 is 2.32 bits per heavy atom.